The number of nitrogens with two attached hydrogens (primary N) is 4. The second-order valence-corrected chi connectivity index (χ2v) is 14.2. The van der Waals surface area contributed by atoms with E-state index in [4.69, 9.17) is 46.2 Å². The maximum atomic E-state index is 13.3. The van der Waals surface area contributed by atoms with E-state index in [1.54, 1.807) is 0 Å². The number of nitrogen functional groups attached to an aromatic ring is 2. The van der Waals surface area contributed by atoms with Crippen LogP contribution < -0.4 is 28.6 Å². The highest BCUT2D eigenvalue weighted by molar-refractivity contribution is 7.47. The summed E-state index contributed by atoms with van der Waals surface area (Å²) in [5, 5.41) is 11.3. The van der Waals surface area contributed by atoms with Crippen LogP contribution in [0.2, 0.25) is 0 Å². The molecule has 26 heteroatoms. The Bertz CT molecular complexity index is 1840. The Kier molecular flexibility index (Phi) is 12.2. The van der Waals surface area contributed by atoms with E-state index in [9.17, 15) is 38.5 Å². The van der Waals surface area contributed by atoms with Gasteiger partial charge < -0.3 is 56.9 Å². The number of phosphoric acid groups is 2. The van der Waals surface area contributed by atoms with Crippen molar-refractivity contribution in [2.24, 2.45) is 11.5 Å². The third-order valence-electron chi connectivity index (χ3n) is 7.91. The number of rotatable bonds is 16. The second kappa shape index (κ2) is 16.0. The summed E-state index contributed by atoms with van der Waals surface area (Å²) < 4.78 is 59.2. The SMILES string of the molecule is NCCCC[C@H](N)C(=O)O[C@H]1[C@@H](O)[C@H](n2cnc3c(N)ncnc32)O[C@@H]1COP(=O)(O)O[C@H]1C[C@H](n2ccc(N)nc2=O)O[C@@H]1COP(=O)(O)O. The molecular formula is C25H38N10O14P2. The molecule has 0 amide bonds. The quantitative estimate of drug-likeness (QED) is 0.0434. The van der Waals surface area contributed by atoms with E-state index in [1.807, 2.05) is 0 Å². The van der Waals surface area contributed by atoms with E-state index in [2.05, 4.69) is 24.5 Å². The molecule has 5 heterocycles. The molecule has 0 aliphatic carbocycles. The van der Waals surface area contributed by atoms with Crippen molar-refractivity contribution >= 4 is 44.4 Å². The van der Waals surface area contributed by atoms with Gasteiger partial charge in [0, 0.05) is 12.6 Å². The minimum Gasteiger partial charge on any atom is -0.455 e. The summed E-state index contributed by atoms with van der Waals surface area (Å²) in [5.41, 5.74) is 22.4. The number of unbranched alkanes of at least 4 members (excludes halogenated alkanes) is 1. The highest BCUT2D eigenvalue weighted by Gasteiger charge is 2.50. The monoisotopic (exact) mass is 764 g/mol. The van der Waals surface area contributed by atoms with Crippen molar-refractivity contribution in [3.63, 3.8) is 0 Å². The van der Waals surface area contributed by atoms with Crippen molar-refractivity contribution in [1.29, 1.82) is 0 Å². The molecule has 0 aromatic carbocycles. The number of nitrogens with zero attached hydrogens (tertiary/aromatic N) is 6. The molecule has 3 aromatic rings. The van der Waals surface area contributed by atoms with Crippen molar-refractivity contribution < 1.29 is 61.5 Å². The van der Waals surface area contributed by atoms with Crippen LogP contribution in [0.1, 0.15) is 38.1 Å². The number of aliphatic hydroxyl groups is 1. The number of aliphatic hydroxyl groups excluding tert-OH is 1. The van der Waals surface area contributed by atoms with Gasteiger partial charge in [0.2, 0.25) is 0 Å². The molecule has 24 nitrogen and oxygen atoms in total. The number of phosphoric ester groups is 2. The molecule has 2 aliphatic heterocycles. The molecular weight excluding hydrogens is 726 g/mol. The van der Waals surface area contributed by atoms with Crippen LogP contribution in [0.4, 0.5) is 11.6 Å². The smallest absolute Gasteiger partial charge is 0.455 e. The maximum Gasteiger partial charge on any atom is 0.472 e. The summed E-state index contributed by atoms with van der Waals surface area (Å²) >= 11 is 0. The lowest BCUT2D eigenvalue weighted by atomic mass is 10.1. The van der Waals surface area contributed by atoms with Crippen LogP contribution in [-0.2, 0) is 41.7 Å². The fraction of sp³-hybridized carbons (Fsp3) is 0.600. The van der Waals surface area contributed by atoms with Crippen LogP contribution in [-0.4, -0.2) is 111 Å². The number of hydrogen-bond acceptors (Lipinski definition) is 19. The average molecular weight is 765 g/mol. The highest BCUT2D eigenvalue weighted by atomic mass is 31.2. The number of carbonyl (C=O) groups excluding carboxylic acids is 1. The van der Waals surface area contributed by atoms with Gasteiger partial charge in [0.15, 0.2) is 23.8 Å². The summed E-state index contributed by atoms with van der Waals surface area (Å²) in [5.74, 6) is -0.948. The number of aromatic nitrogens is 6. The van der Waals surface area contributed by atoms with Gasteiger partial charge in [-0.05, 0) is 25.5 Å². The van der Waals surface area contributed by atoms with Crippen LogP contribution in [0.25, 0.3) is 11.2 Å². The largest absolute Gasteiger partial charge is 0.472 e. The van der Waals surface area contributed by atoms with E-state index in [1.165, 1.54) is 23.2 Å². The van der Waals surface area contributed by atoms with Gasteiger partial charge in [-0.1, -0.05) is 6.42 Å². The Hall–Kier alpha value is -3.48. The molecule has 0 spiro atoms. The minimum atomic E-state index is -5.12. The first-order valence-electron chi connectivity index (χ1n) is 15.4. The molecule has 2 saturated heterocycles. The molecule has 0 saturated carbocycles. The first-order chi connectivity index (χ1) is 24.1. The summed E-state index contributed by atoms with van der Waals surface area (Å²) in [6, 6.07) is 0.193. The van der Waals surface area contributed by atoms with Crippen LogP contribution in [0, 0.1) is 0 Å². The van der Waals surface area contributed by atoms with E-state index in [-0.39, 0.29) is 35.6 Å². The molecule has 2 aliphatic rings. The Balaban J connectivity index is 1.33. The average Bonchev–Trinajstić information content (AvgIpc) is 3.74. The summed E-state index contributed by atoms with van der Waals surface area (Å²) in [6.07, 6.45) is -5.19. The van der Waals surface area contributed by atoms with E-state index in [0.29, 0.717) is 19.4 Å². The van der Waals surface area contributed by atoms with Crippen molar-refractivity contribution in [3.05, 3.63) is 35.4 Å². The van der Waals surface area contributed by atoms with E-state index >= 15 is 0 Å². The van der Waals surface area contributed by atoms with Gasteiger partial charge in [-0.25, -0.2) is 28.9 Å². The van der Waals surface area contributed by atoms with Gasteiger partial charge in [-0.15, -0.1) is 0 Å². The van der Waals surface area contributed by atoms with E-state index < -0.39 is 89.5 Å². The summed E-state index contributed by atoms with van der Waals surface area (Å²) in [6.45, 7) is -1.25. The zero-order chi connectivity index (χ0) is 37.1. The standard InChI is InChI=1S/C25H38N10O14P2/c26-5-2-1-3-12(27)24(37)48-20-15(47-23(19(20)36)35-11-32-18-21(29)30-10-31-22(18)35)9-45-51(42,43)49-13-7-17(34-6-4-16(28)33-25(34)38)46-14(13)8-44-50(39,40)41/h4,6,10-15,17,19-20,23,36H,1-3,5,7-9,26-27H2,(H,42,43)(H2,28,33,38)(H2,29,30,31)(H2,39,40,41)/t12-,13-,14+,15+,17+,19+,20+,23+/m0/s1. The number of hydrogen-bond donors (Lipinski definition) is 8. The number of anilines is 2. The first kappa shape index (κ1) is 38.7. The molecule has 5 rings (SSSR count). The van der Waals surface area contributed by atoms with Crippen molar-refractivity contribution in [2.75, 3.05) is 31.2 Å². The van der Waals surface area contributed by atoms with Gasteiger partial charge >= 0.3 is 27.3 Å². The van der Waals surface area contributed by atoms with Gasteiger partial charge in [0.1, 0.15) is 54.3 Å². The van der Waals surface area contributed by atoms with Crippen LogP contribution in [0.15, 0.2) is 29.7 Å². The molecule has 9 atom stereocenters. The summed E-state index contributed by atoms with van der Waals surface area (Å²) in [7, 11) is -10.2. The maximum absolute atomic E-state index is 13.3. The Morgan fingerprint density at radius 1 is 1.06 bits per heavy atom. The first-order valence-corrected chi connectivity index (χ1v) is 18.4. The fourth-order valence-electron chi connectivity index (χ4n) is 5.45. The number of imidazole rings is 1. The molecule has 12 N–H and O–H groups in total. The molecule has 282 valence electrons. The lowest BCUT2D eigenvalue weighted by Crippen LogP contribution is -2.43. The predicted molar refractivity (Wildman–Crippen MR) is 170 cm³/mol. The number of fused-ring (bicyclic) bond motifs is 1. The third kappa shape index (κ3) is 9.50. The zero-order valence-corrected chi connectivity index (χ0v) is 28.4. The normalized spacial score (nSPS) is 27.1. The molecule has 1 unspecified atom stereocenters. The third-order valence-corrected chi connectivity index (χ3v) is 9.41. The molecule has 2 fully saturated rings. The molecule has 0 bridgehead atoms. The lowest BCUT2D eigenvalue weighted by molar-refractivity contribution is -0.158. The zero-order valence-electron chi connectivity index (χ0n) is 26.6. The Labute approximate surface area is 287 Å². The van der Waals surface area contributed by atoms with Crippen molar-refractivity contribution in [2.45, 2.75) is 74.7 Å². The Morgan fingerprint density at radius 2 is 1.80 bits per heavy atom. The van der Waals surface area contributed by atoms with E-state index in [0.717, 1.165) is 10.9 Å². The molecule has 3 aromatic heterocycles. The van der Waals surface area contributed by atoms with Crippen LogP contribution in [0.3, 0.4) is 0 Å². The van der Waals surface area contributed by atoms with Crippen LogP contribution in [0.5, 0.6) is 0 Å². The summed E-state index contributed by atoms with van der Waals surface area (Å²) in [4.78, 5) is 70.2. The topological polar surface area (TPSA) is 370 Å². The fourth-order valence-corrected chi connectivity index (χ4v) is 6.75. The van der Waals surface area contributed by atoms with Crippen LogP contribution >= 0.6 is 15.6 Å². The van der Waals surface area contributed by atoms with Gasteiger partial charge in [0.05, 0.1) is 19.5 Å². The molecule has 51 heavy (non-hydrogen) atoms. The number of carbonyl (C=O) groups is 1. The van der Waals surface area contributed by atoms with Crippen molar-refractivity contribution in [1.82, 2.24) is 29.1 Å². The Morgan fingerprint density at radius 3 is 2.51 bits per heavy atom. The number of esters is 1. The van der Waals surface area contributed by atoms with Crippen molar-refractivity contribution in [3.8, 4) is 0 Å². The van der Waals surface area contributed by atoms with Gasteiger partial charge in [-0.3, -0.25) is 27.5 Å². The second-order valence-electron chi connectivity index (χ2n) is 11.5. The number of ether oxygens (including phenoxy) is 3. The lowest BCUT2D eigenvalue weighted by Gasteiger charge is -2.24. The highest BCUT2D eigenvalue weighted by Crippen LogP contribution is 2.50. The van der Waals surface area contributed by atoms with Gasteiger partial charge in [-0.2, -0.15) is 4.98 Å². The molecule has 0 radical (unpaired) electrons. The minimum absolute atomic E-state index is 0.0380. The van der Waals surface area contributed by atoms with Gasteiger partial charge in [0.25, 0.3) is 0 Å². The predicted octanol–water partition coefficient (Wildman–Crippen LogP) is -2.23.